The van der Waals surface area contributed by atoms with Crippen LogP contribution >= 0.6 is 19.4 Å². The van der Waals surface area contributed by atoms with Gasteiger partial charge in [0.25, 0.3) is 5.24 Å². The Balaban J connectivity index is 1.42. The van der Waals surface area contributed by atoms with Crippen LogP contribution in [0.15, 0.2) is 97.1 Å². The third kappa shape index (κ3) is 4.77. The number of thioether (sulfide) groups is 1. The van der Waals surface area contributed by atoms with Gasteiger partial charge in [0.15, 0.2) is 0 Å². The van der Waals surface area contributed by atoms with E-state index in [-0.39, 0.29) is 22.3 Å². The van der Waals surface area contributed by atoms with Gasteiger partial charge in [0.2, 0.25) is 0 Å². The zero-order chi connectivity index (χ0) is 24.6. The van der Waals surface area contributed by atoms with Crippen LogP contribution in [-0.4, -0.2) is 25.9 Å². The molecule has 4 aromatic rings. The van der Waals surface area contributed by atoms with Crippen molar-refractivity contribution in [1.82, 2.24) is 0 Å². The summed E-state index contributed by atoms with van der Waals surface area (Å²) < 4.78 is 11.4. The van der Waals surface area contributed by atoms with Crippen molar-refractivity contribution in [3.8, 4) is 28.0 Å². The van der Waals surface area contributed by atoms with Gasteiger partial charge in [-0.15, -0.1) is 0 Å². The number of nitrogens with zero attached hydrogens (tertiary/aromatic N) is 1. The number of hydrogen-bond donors (Lipinski definition) is 3. The van der Waals surface area contributed by atoms with Gasteiger partial charge in [-0.1, -0.05) is 78.5 Å². The minimum Gasteiger partial charge on any atom is -0.508 e. The van der Waals surface area contributed by atoms with Crippen molar-refractivity contribution in [3.63, 3.8) is 0 Å². The van der Waals surface area contributed by atoms with Crippen molar-refractivity contribution in [2.24, 2.45) is 0 Å². The van der Waals surface area contributed by atoms with Gasteiger partial charge < -0.3 is 14.9 Å². The molecule has 6 nitrogen and oxygen atoms in total. The van der Waals surface area contributed by atoms with Crippen molar-refractivity contribution >= 4 is 35.6 Å². The van der Waals surface area contributed by atoms with Crippen LogP contribution in [0.5, 0.6) is 5.75 Å². The number of phenolic OH excluding ortho intramolecular Hbond substituents is 1. The molecule has 35 heavy (non-hydrogen) atoms. The Morgan fingerprint density at radius 1 is 0.771 bits per heavy atom. The van der Waals surface area contributed by atoms with Gasteiger partial charge in [-0.25, -0.2) is 0 Å². The summed E-state index contributed by atoms with van der Waals surface area (Å²) in [5, 5.41) is 10.7. The summed E-state index contributed by atoms with van der Waals surface area (Å²) in [6.07, 6.45) is 0. The van der Waals surface area contributed by atoms with Gasteiger partial charge in [0.1, 0.15) is 5.75 Å². The molecular formula is C27H22NO5PS. The molecule has 176 valence electrons. The van der Waals surface area contributed by atoms with Crippen LogP contribution in [0, 0.1) is 0 Å². The maximum absolute atomic E-state index is 12.8. The van der Waals surface area contributed by atoms with Crippen molar-refractivity contribution in [1.29, 1.82) is 0 Å². The summed E-state index contributed by atoms with van der Waals surface area (Å²) in [7, 11) is -4.31. The Labute approximate surface area is 207 Å². The molecule has 0 aromatic heterocycles. The molecule has 1 atom stereocenters. The number of carbonyl (C=O) groups is 1. The molecule has 8 heteroatoms. The first-order chi connectivity index (χ1) is 16.8. The van der Waals surface area contributed by atoms with Crippen LogP contribution in [0.3, 0.4) is 0 Å². The monoisotopic (exact) mass is 503 g/mol. The topological polar surface area (TPSA) is 98.1 Å². The van der Waals surface area contributed by atoms with Crippen LogP contribution in [0.2, 0.25) is 0 Å². The van der Waals surface area contributed by atoms with E-state index in [1.54, 1.807) is 29.2 Å². The Morgan fingerprint density at radius 2 is 1.34 bits per heavy atom. The summed E-state index contributed by atoms with van der Waals surface area (Å²) >= 11 is 1.22. The highest BCUT2D eigenvalue weighted by Crippen LogP contribution is 2.43. The Morgan fingerprint density at radius 3 is 1.97 bits per heavy atom. The lowest BCUT2D eigenvalue weighted by Gasteiger charge is -2.25. The van der Waals surface area contributed by atoms with Crippen LogP contribution in [0.1, 0.15) is 11.6 Å². The molecule has 1 aliphatic rings. The van der Waals surface area contributed by atoms with E-state index < -0.39 is 7.60 Å². The summed E-state index contributed by atoms with van der Waals surface area (Å²) in [5.41, 5.74) is 4.99. The molecule has 0 bridgehead atoms. The molecule has 1 unspecified atom stereocenters. The lowest BCUT2D eigenvalue weighted by molar-refractivity contribution is 0.265. The van der Waals surface area contributed by atoms with Crippen LogP contribution in [0.4, 0.5) is 10.5 Å². The highest BCUT2D eigenvalue weighted by atomic mass is 32.2. The molecule has 5 rings (SSSR count). The minimum atomic E-state index is -4.31. The van der Waals surface area contributed by atoms with E-state index in [0.717, 1.165) is 16.8 Å². The lowest BCUT2D eigenvalue weighted by atomic mass is 9.99. The summed E-state index contributed by atoms with van der Waals surface area (Å²) in [4.78, 5) is 33.1. The molecule has 1 fully saturated rings. The molecule has 0 aliphatic carbocycles. The molecule has 1 amide bonds. The molecule has 4 aromatic carbocycles. The van der Waals surface area contributed by atoms with E-state index in [4.69, 9.17) is 0 Å². The normalized spacial score (nSPS) is 16.0. The van der Waals surface area contributed by atoms with Gasteiger partial charge in [-0.3, -0.25) is 14.3 Å². The largest absolute Gasteiger partial charge is 0.508 e. The molecule has 0 radical (unpaired) electrons. The second-order valence-electron chi connectivity index (χ2n) is 8.24. The second kappa shape index (κ2) is 9.36. The molecule has 3 N–H and O–H groups in total. The fourth-order valence-corrected chi connectivity index (χ4v) is 5.77. The van der Waals surface area contributed by atoms with Crippen LogP contribution < -0.4 is 10.2 Å². The highest BCUT2D eigenvalue weighted by Gasteiger charge is 2.35. The van der Waals surface area contributed by atoms with Gasteiger partial charge >= 0.3 is 7.60 Å². The molecule has 0 spiro atoms. The first-order valence-corrected chi connectivity index (χ1v) is 13.5. The standard InChI is InChI=1S/C27H22NO5PS/c29-26-16-21(20-8-13-23(14-9-20)34(31,32)33)10-15-24(26)25-17-35-27(30)28(25)22-11-6-19(7-12-22)18-4-2-1-3-5-18/h1-16,25,29H,17H2,(H2,31,32,33). The van der Waals surface area contributed by atoms with E-state index in [2.05, 4.69) is 0 Å². The average Bonchev–Trinajstić information content (AvgIpc) is 3.25. The van der Waals surface area contributed by atoms with Crippen LogP contribution in [0.25, 0.3) is 22.3 Å². The van der Waals surface area contributed by atoms with E-state index in [1.807, 2.05) is 60.7 Å². The summed E-state index contributed by atoms with van der Waals surface area (Å²) in [5.74, 6) is 0.580. The van der Waals surface area contributed by atoms with Gasteiger partial charge in [-0.05, 0) is 52.6 Å². The Bertz CT molecular complexity index is 1420. The van der Waals surface area contributed by atoms with Gasteiger partial charge in [0.05, 0.1) is 11.3 Å². The minimum absolute atomic E-state index is 0.0579. The van der Waals surface area contributed by atoms with Crippen molar-refractivity contribution in [2.75, 3.05) is 10.7 Å². The van der Waals surface area contributed by atoms with E-state index >= 15 is 0 Å². The Kier molecular flexibility index (Phi) is 6.26. The molecular weight excluding hydrogens is 481 g/mol. The van der Waals surface area contributed by atoms with Crippen molar-refractivity contribution in [3.05, 3.63) is 103 Å². The molecule has 1 saturated heterocycles. The maximum Gasteiger partial charge on any atom is 0.356 e. The molecule has 0 saturated carbocycles. The fraction of sp³-hybridized carbons (Fsp3) is 0.0741. The number of hydrogen-bond acceptors (Lipinski definition) is 4. The number of phenols is 1. The molecule has 1 aliphatic heterocycles. The zero-order valence-corrected chi connectivity index (χ0v) is 20.2. The third-order valence-corrected chi connectivity index (χ3v) is 7.95. The highest BCUT2D eigenvalue weighted by molar-refractivity contribution is 8.14. The number of benzene rings is 4. The van der Waals surface area contributed by atoms with Crippen molar-refractivity contribution < 1.29 is 24.3 Å². The number of amides is 1. The summed E-state index contributed by atoms with van der Waals surface area (Å²) in [6, 6.07) is 28.8. The number of carbonyl (C=O) groups excluding carboxylic acids is 1. The first-order valence-electron chi connectivity index (χ1n) is 10.9. The number of anilines is 1. The predicted octanol–water partition coefficient (Wildman–Crippen LogP) is 5.94. The van der Waals surface area contributed by atoms with E-state index in [0.29, 0.717) is 22.4 Å². The maximum atomic E-state index is 12.8. The quantitative estimate of drug-likeness (QED) is 0.292. The van der Waals surface area contributed by atoms with Gasteiger partial charge in [0, 0.05) is 17.0 Å². The SMILES string of the molecule is O=C1SCC(c2ccc(-c3ccc(P(=O)(O)O)cc3)cc2O)N1c1ccc(-c2ccccc2)cc1. The smallest absolute Gasteiger partial charge is 0.356 e. The average molecular weight is 504 g/mol. The zero-order valence-electron chi connectivity index (χ0n) is 18.5. The lowest BCUT2D eigenvalue weighted by Crippen LogP contribution is -2.26. The van der Waals surface area contributed by atoms with Crippen molar-refractivity contribution in [2.45, 2.75) is 6.04 Å². The predicted molar refractivity (Wildman–Crippen MR) is 140 cm³/mol. The van der Waals surface area contributed by atoms with E-state index in [9.17, 15) is 24.3 Å². The van der Waals surface area contributed by atoms with Crippen LogP contribution in [-0.2, 0) is 4.57 Å². The molecule has 1 heterocycles. The third-order valence-electron chi connectivity index (χ3n) is 6.05. The fourth-order valence-electron chi connectivity index (χ4n) is 4.23. The summed E-state index contributed by atoms with van der Waals surface area (Å²) in [6.45, 7) is 0. The first kappa shape index (κ1) is 23.4. The number of aromatic hydroxyl groups is 1. The Hall–Kier alpha value is -3.35. The number of rotatable bonds is 5. The van der Waals surface area contributed by atoms with E-state index in [1.165, 1.54) is 23.9 Å². The second-order valence-corrected chi connectivity index (χ2v) is 10.8. The van der Waals surface area contributed by atoms with Gasteiger partial charge in [-0.2, -0.15) is 0 Å².